The van der Waals surface area contributed by atoms with Gasteiger partial charge in [-0.25, -0.2) is 0 Å². The van der Waals surface area contributed by atoms with Crippen LogP contribution in [0.5, 0.6) is 5.75 Å². The number of carbonyl (C=O) groups is 3. The van der Waals surface area contributed by atoms with E-state index in [0.717, 1.165) is 16.7 Å². The number of ether oxygens (including phenoxy) is 1. The Balaban J connectivity index is 1.31. The lowest BCUT2D eigenvalue weighted by atomic mass is 10.1. The number of benzene rings is 3. The van der Waals surface area contributed by atoms with Crippen LogP contribution in [0, 0.1) is 5.92 Å². The third-order valence-corrected chi connectivity index (χ3v) is 6.85. The van der Waals surface area contributed by atoms with E-state index in [-0.39, 0.29) is 41.6 Å². The molecule has 0 aliphatic carbocycles. The molecule has 8 nitrogen and oxygen atoms in total. The topological polar surface area (TPSA) is 101 Å². The monoisotopic (exact) mass is 554 g/mol. The lowest BCUT2D eigenvalue weighted by Crippen LogP contribution is -2.38. The van der Waals surface area contributed by atoms with Gasteiger partial charge < -0.3 is 15.4 Å². The Bertz CT molecular complexity index is 1570. The van der Waals surface area contributed by atoms with Crippen LogP contribution < -0.4 is 20.3 Å². The quantitative estimate of drug-likeness (QED) is 0.295. The number of amides is 3. The van der Waals surface area contributed by atoms with Crippen molar-refractivity contribution in [3.05, 3.63) is 107 Å². The fourth-order valence-corrected chi connectivity index (χ4v) is 4.46. The number of nitrogens with zero attached hydrogens (tertiary/aromatic N) is 2. The SMILES string of the molecule is CC(C)C(=O)NCc1ccc(Cl)c(C(=O)Nc2ccc3c(c2)C(=O)N(c2ccc(-c4ccncc4)cc2)CO3)c1. The first-order valence-corrected chi connectivity index (χ1v) is 13.1. The molecule has 0 fully saturated rings. The van der Waals surface area contributed by atoms with E-state index in [1.54, 1.807) is 48.8 Å². The molecular weight excluding hydrogens is 528 g/mol. The number of anilines is 2. The highest BCUT2D eigenvalue weighted by Crippen LogP contribution is 2.32. The minimum atomic E-state index is -0.435. The number of nitrogens with one attached hydrogen (secondary N) is 2. The van der Waals surface area contributed by atoms with Crippen molar-refractivity contribution in [2.45, 2.75) is 20.4 Å². The van der Waals surface area contributed by atoms with E-state index < -0.39 is 5.91 Å². The second-order valence-corrected chi connectivity index (χ2v) is 10.0. The highest BCUT2D eigenvalue weighted by Gasteiger charge is 2.27. The molecule has 1 aliphatic heterocycles. The second-order valence-electron chi connectivity index (χ2n) is 9.64. The van der Waals surface area contributed by atoms with E-state index in [9.17, 15) is 14.4 Å². The molecule has 2 heterocycles. The zero-order valence-electron chi connectivity index (χ0n) is 22.0. The van der Waals surface area contributed by atoms with Gasteiger partial charge in [-0.3, -0.25) is 24.3 Å². The Morgan fingerprint density at radius 3 is 2.42 bits per heavy atom. The minimum absolute atomic E-state index is 0.0713. The van der Waals surface area contributed by atoms with E-state index in [4.69, 9.17) is 16.3 Å². The Morgan fingerprint density at radius 2 is 1.70 bits per heavy atom. The number of pyridine rings is 1. The Kier molecular flexibility index (Phi) is 7.79. The van der Waals surface area contributed by atoms with Gasteiger partial charge in [0.1, 0.15) is 5.75 Å². The van der Waals surface area contributed by atoms with Crippen LogP contribution in [0.15, 0.2) is 85.2 Å². The van der Waals surface area contributed by atoms with Gasteiger partial charge in [0, 0.05) is 36.2 Å². The molecule has 0 unspecified atom stereocenters. The Morgan fingerprint density at radius 1 is 0.975 bits per heavy atom. The maximum Gasteiger partial charge on any atom is 0.264 e. The van der Waals surface area contributed by atoms with E-state index in [0.29, 0.717) is 22.7 Å². The van der Waals surface area contributed by atoms with Crippen molar-refractivity contribution in [3.63, 3.8) is 0 Å². The van der Waals surface area contributed by atoms with Crippen LogP contribution in [0.25, 0.3) is 11.1 Å². The van der Waals surface area contributed by atoms with Crippen LogP contribution in [0.1, 0.15) is 40.1 Å². The first-order chi connectivity index (χ1) is 19.3. The molecule has 5 rings (SSSR count). The third kappa shape index (κ3) is 5.82. The van der Waals surface area contributed by atoms with Gasteiger partial charge in [-0.05, 0) is 71.3 Å². The number of halogens is 1. The lowest BCUT2D eigenvalue weighted by Gasteiger charge is -2.29. The second kappa shape index (κ2) is 11.6. The number of hydrogen-bond acceptors (Lipinski definition) is 5. The van der Waals surface area contributed by atoms with Crippen LogP contribution in [-0.4, -0.2) is 29.4 Å². The number of hydrogen-bond donors (Lipinski definition) is 2. The molecule has 1 aliphatic rings. The van der Waals surface area contributed by atoms with Crippen molar-refractivity contribution >= 4 is 40.7 Å². The van der Waals surface area contributed by atoms with E-state index in [2.05, 4.69) is 15.6 Å². The standard InChI is InChI=1S/C31H27ClN4O4/c1-19(2)29(37)34-17-20-3-9-27(32)25(15-20)30(38)35-23-6-10-28-26(16-23)31(39)36(18-40-28)24-7-4-21(5-8-24)22-11-13-33-14-12-22/h3-16,19H,17-18H2,1-2H3,(H,34,37)(H,35,38). The molecule has 0 spiro atoms. The predicted molar refractivity (Wildman–Crippen MR) is 155 cm³/mol. The molecule has 0 saturated heterocycles. The molecule has 0 radical (unpaired) electrons. The molecule has 9 heteroatoms. The average Bonchev–Trinajstić information content (AvgIpc) is 2.97. The van der Waals surface area contributed by atoms with Gasteiger partial charge in [-0.15, -0.1) is 0 Å². The molecule has 0 atom stereocenters. The van der Waals surface area contributed by atoms with E-state index in [1.165, 1.54) is 4.90 Å². The van der Waals surface area contributed by atoms with Crippen molar-refractivity contribution in [2.75, 3.05) is 16.9 Å². The molecule has 202 valence electrons. The van der Waals surface area contributed by atoms with Crippen LogP contribution in [0.4, 0.5) is 11.4 Å². The number of rotatable bonds is 7. The van der Waals surface area contributed by atoms with E-state index in [1.807, 2.05) is 50.2 Å². The Labute approximate surface area is 236 Å². The lowest BCUT2D eigenvalue weighted by molar-refractivity contribution is -0.124. The fraction of sp³-hybridized carbons (Fsp3) is 0.161. The molecule has 2 N–H and O–H groups in total. The van der Waals surface area contributed by atoms with Crippen molar-refractivity contribution in [1.29, 1.82) is 0 Å². The number of fused-ring (bicyclic) bond motifs is 1. The van der Waals surface area contributed by atoms with Gasteiger partial charge in [0.05, 0.1) is 16.1 Å². The highest BCUT2D eigenvalue weighted by molar-refractivity contribution is 6.34. The molecule has 40 heavy (non-hydrogen) atoms. The van der Waals surface area contributed by atoms with Gasteiger partial charge >= 0.3 is 0 Å². The number of aromatic nitrogens is 1. The summed E-state index contributed by atoms with van der Waals surface area (Å²) in [5, 5.41) is 5.92. The predicted octanol–water partition coefficient (Wildman–Crippen LogP) is 5.92. The summed E-state index contributed by atoms with van der Waals surface area (Å²) in [5.74, 6) is -0.466. The zero-order chi connectivity index (χ0) is 28.2. The Hall–Kier alpha value is -4.69. The van der Waals surface area contributed by atoms with Crippen LogP contribution in [0.3, 0.4) is 0 Å². The zero-order valence-corrected chi connectivity index (χ0v) is 22.7. The largest absolute Gasteiger partial charge is 0.472 e. The minimum Gasteiger partial charge on any atom is -0.472 e. The van der Waals surface area contributed by atoms with Crippen molar-refractivity contribution < 1.29 is 19.1 Å². The van der Waals surface area contributed by atoms with Gasteiger partial charge in [0.2, 0.25) is 5.91 Å². The fourth-order valence-electron chi connectivity index (χ4n) is 4.26. The van der Waals surface area contributed by atoms with Crippen molar-refractivity contribution in [1.82, 2.24) is 10.3 Å². The third-order valence-electron chi connectivity index (χ3n) is 6.52. The summed E-state index contributed by atoms with van der Waals surface area (Å²) in [6, 6.07) is 21.4. The molecular formula is C31H27ClN4O4. The maximum absolute atomic E-state index is 13.4. The first-order valence-electron chi connectivity index (χ1n) is 12.8. The smallest absolute Gasteiger partial charge is 0.264 e. The molecule has 1 aromatic heterocycles. The molecule has 0 saturated carbocycles. The first kappa shape index (κ1) is 26.9. The average molecular weight is 555 g/mol. The van der Waals surface area contributed by atoms with Gasteiger partial charge in [0.15, 0.2) is 6.73 Å². The van der Waals surface area contributed by atoms with E-state index >= 15 is 0 Å². The van der Waals surface area contributed by atoms with Crippen LogP contribution in [-0.2, 0) is 11.3 Å². The summed E-state index contributed by atoms with van der Waals surface area (Å²) in [6.07, 6.45) is 3.47. The summed E-state index contributed by atoms with van der Waals surface area (Å²) in [6.45, 7) is 3.97. The summed E-state index contributed by atoms with van der Waals surface area (Å²) in [4.78, 5) is 44.0. The van der Waals surface area contributed by atoms with Gasteiger partial charge in [0.25, 0.3) is 11.8 Å². The summed E-state index contributed by atoms with van der Waals surface area (Å²) in [5.41, 5.74) is 4.48. The van der Waals surface area contributed by atoms with Crippen molar-refractivity contribution in [2.24, 2.45) is 5.92 Å². The van der Waals surface area contributed by atoms with Crippen LogP contribution >= 0.6 is 11.6 Å². The van der Waals surface area contributed by atoms with Crippen LogP contribution in [0.2, 0.25) is 5.02 Å². The molecule has 3 aromatic carbocycles. The molecule has 3 amide bonds. The molecule has 0 bridgehead atoms. The molecule has 4 aromatic rings. The summed E-state index contributed by atoms with van der Waals surface area (Å²) in [7, 11) is 0. The van der Waals surface area contributed by atoms with Gasteiger partial charge in [-0.2, -0.15) is 0 Å². The van der Waals surface area contributed by atoms with Gasteiger partial charge in [-0.1, -0.05) is 43.6 Å². The number of carbonyl (C=O) groups excluding carboxylic acids is 3. The normalized spacial score (nSPS) is 12.5. The maximum atomic E-state index is 13.4. The summed E-state index contributed by atoms with van der Waals surface area (Å²) >= 11 is 6.31. The van der Waals surface area contributed by atoms with Crippen molar-refractivity contribution in [3.8, 4) is 16.9 Å². The highest BCUT2D eigenvalue weighted by atomic mass is 35.5. The summed E-state index contributed by atoms with van der Waals surface area (Å²) < 4.78 is 5.85.